The van der Waals surface area contributed by atoms with Crippen LogP contribution in [0, 0.1) is 13.8 Å². The highest BCUT2D eigenvalue weighted by Crippen LogP contribution is 2.38. The van der Waals surface area contributed by atoms with Gasteiger partial charge < -0.3 is 8.98 Å². The number of rotatable bonds is 3. The zero-order valence-electron chi connectivity index (χ0n) is 14.4. The van der Waals surface area contributed by atoms with Crippen LogP contribution in [0.25, 0.3) is 27.9 Å². The monoisotopic (exact) mass is 366 g/mol. The number of para-hydroxylation sites is 1. The zero-order chi connectivity index (χ0) is 18.5. The number of benzene rings is 2. The van der Waals surface area contributed by atoms with Crippen LogP contribution in [0.4, 0.5) is 0 Å². The normalized spacial score (nSPS) is 12.0. The Morgan fingerprint density at radius 1 is 0.962 bits per heavy atom. The molecule has 0 spiro atoms. The van der Waals surface area contributed by atoms with E-state index in [0.29, 0.717) is 5.76 Å². The van der Waals surface area contributed by atoms with Crippen molar-refractivity contribution in [2.45, 2.75) is 18.7 Å². The van der Waals surface area contributed by atoms with Crippen molar-refractivity contribution in [2.75, 3.05) is 0 Å². The Morgan fingerprint density at radius 2 is 1.69 bits per heavy atom. The van der Waals surface area contributed by atoms with Gasteiger partial charge in [-0.2, -0.15) is 0 Å². The van der Waals surface area contributed by atoms with Crippen molar-refractivity contribution in [3.8, 4) is 17.0 Å². The lowest BCUT2D eigenvalue weighted by Crippen LogP contribution is -2.11. The van der Waals surface area contributed by atoms with Crippen molar-refractivity contribution in [1.82, 2.24) is 4.57 Å². The largest absolute Gasteiger partial charge is 0.461 e. The first-order valence-electron chi connectivity index (χ1n) is 8.16. The van der Waals surface area contributed by atoms with E-state index in [9.17, 15) is 8.42 Å². The first-order chi connectivity index (χ1) is 12.4. The van der Waals surface area contributed by atoms with Crippen LogP contribution >= 0.6 is 0 Å². The van der Waals surface area contributed by atoms with Crippen molar-refractivity contribution >= 4 is 20.9 Å². The summed E-state index contributed by atoms with van der Waals surface area (Å²) in [5.41, 5.74) is 3.72. The van der Waals surface area contributed by atoms with E-state index in [0.717, 1.165) is 33.6 Å². The van der Waals surface area contributed by atoms with Gasteiger partial charge in [0.2, 0.25) is 10.0 Å². The summed E-state index contributed by atoms with van der Waals surface area (Å²) < 4.78 is 31.6. The quantitative estimate of drug-likeness (QED) is 0.591. The van der Waals surface area contributed by atoms with Gasteiger partial charge >= 0.3 is 0 Å². The van der Waals surface area contributed by atoms with Gasteiger partial charge in [-0.25, -0.2) is 13.6 Å². The molecule has 0 aliphatic carbocycles. The molecule has 26 heavy (non-hydrogen) atoms. The number of hydrogen-bond acceptors (Lipinski definition) is 3. The molecule has 0 unspecified atom stereocenters. The second-order valence-corrected chi connectivity index (χ2v) is 7.83. The fourth-order valence-corrected chi connectivity index (χ4v) is 3.90. The number of fused-ring (bicyclic) bond motifs is 1. The molecule has 0 saturated carbocycles. The van der Waals surface area contributed by atoms with Crippen molar-refractivity contribution in [3.05, 3.63) is 72.1 Å². The molecular formula is C20H18N2O3S. The average Bonchev–Trinajstić information content (AvgIpc) is 3.14. The van der Waals surface area contributed by atoms with Gasteiger partial charge in [-0.3, -0.25) is 0 Å². The molecule has 0 aliphatic heterocycles. The van der Waals surface area contributed by atoms with Gasteiger partial charge in [-0.1, -0.05) is 18.2 Å². The van der Waals surface area contributed by atoms with Crippen molar-refractivity contribution in [2.24, 2.45) is 5.14 Å². The molecule has 0 saturated heterocycles. The van der Waals surface area contributed by atoms with Gasteiger partial charge in [-0.05, 0) is 56.3 Å². The summed E-state index contributed by atoms with van der Waals surface area (Å²) in [4.78, 5) is 0.0831. The van der Waals surface area contributed by atoms with Crippen LogP contribution in [0.3, 0.4) is 0 Å². The molecule has 6 heteroatoms. The molecule has 0 bridgehead atoms. The molecule has 0 radical (unpaired) electrons. The molecule has 2 aromatic heterocycles. The Labute approximate surface area is 151 Å². The Balaban J connectivity index is 2.12. The SMILES string of the molecule is Cc1ccc(-c2c(C)n(-c3ccccc3)c3ccc(S(N)(=O)=O)cc23)o1. The molecule has 2 heterocycles. The molecule has 2 aromatic carbocycles. The molecule has 0 amide bonds. The van der Waals surface area contributed by atoms with Crippen LogP contribution in [0.15, 0.2) is 70.0 Å². The topological polar surface area (TPSA) is 78.2 Å². The fraction of sp³-hybridized carbons (Fsp3) is 0.100. The van der Waals surface area contributed by atoms with Gasteiger partial charge in [0.15, 0.2) is 0 Å². The maximum atomic E-state index is 11.8. The maximum absolute atomic E-state index is 11.8. The summed E-state index contributed by atoms with van der Waals surface area (Å²) in [5, 5.41) is 6.12. The summed E-state index contributed by atoms with van der Waals surface area (Å²) >= 11 is 0. The van der Waals surface area contributed by atoms with Crippen molar-refractivity contribution in [3.63, 3.8) is 0 Å². The Kier molecular flexibility index (Phi) is 3.75. The predicted octanol–water partition coefficient (Wildman–Crippen LogP) is 4.15. The van der Waals surface area contributed by atoms with Gasteiger partial charge in [0.25, 0.3) is 0 Å². The van der Waals surface area contributed by atoms with Crippen LogP contribution in [-0.2, 0) is 10.0 Å². The number of sulfonamides is 1. The number of aryl methyl sites for hydroxylation is 1. The van der Waals surface area contributed by atoms with Gasteiger partial charge in [0.1, 0.15) is 11.5 Å². The minimum absolute atomic E-state index is 0.0831. The van der Waals surface area contributed by atoms with Crippen LogP contribution in [-0.4, -0.2) is 13.0 Å². The van der Waals surface area contributed by atoms with Gasteiger partial charge in [0.05, 0.1) is 10.4 Å². The molecule has 4 rings (SSSR count). The first kappa shape index (κ1) is 16.6. The third-order valence-corrected chi connectivity index (χ3v) is 5.42. The Hall–Kier alpha value is -2.83. The minimum Gasteiger partial charge on any atom is -0.461 e. The molecule has 0 aliphatic rings. The highest BCUT2D eigenvalue weighted by Gasteiger charge is 2.21. The standard InChI is InChI=1S/C20H18N2O3S/c1-13-8-11-19(25-13)20-14(2)22(15-6-4-3-5-7-15)18-10-9-16(12-17(18)20)26(21,23)24/h3-12H,1-2H3,(H2,21,23,24). The third kappa shape index (κ3) is 2.64. The highest BCUT2D eigenvalue weighted by molar-refractivity contribution is 7.89. The van der Waals surface area contributed by atoms with Crippen LogP contribution in [0.2, 0.25) is 0 Å². The Morgan fingerprint density at radius 3 is 2.31 bits per heavy atom. The number of nitrogens with two attached hydrogens (primary N) is 1. The molecule has 132 valence electrons. The van der Waals surface area contributed by atoms with Gasteiger partial charge in [-0.15, -0.1) is 0 Å². The van der Waals surface area contributed by atoms with E-state index < -0.39 is 10.0 Å². The third-order valence-electron chi connectivity index (χ3n) is 4.51. The van der Waals surface area contributed by atoms with E-state index >= 15 is 0 Å². The van der Waals surface area contributed by atoms with Crippen LogP contribution in [0.1, 0.15) is 11.5 Å². The number of nitrogens with zero attached hydrogens (tertiary/aromatic N) is 1. The summed E-state index contributed by atoms with van der Waals surface area (Å²) in [6.07, 6.45) is 0. The molecule has 2 N–H and O–H groups in total. The van der Waals surface area contributed by atoms with E-state index in [4.69, 9.17) is 9.56 Å². The van der Waals surface area contributed by atoms with E-state index in [1.54, 1.807) is 12.1 Å². The van der Waals surface area contributed by atoms with Crippen molar-refractivity contribution in [1.29, 1.82) is 0 Å². The lowest BCUT2D eigenvalue weighted by Gasteiger charge is -2.08. The van der Waals surface area contributed by atoms with Crippen molar-refractivity contribution < 1.29 is 12.8 Å². The minimum atomic E-state index is -3.80. The summed E-state index contributed by atoms with van der Waals surface area (Å²) in [7, 11) is -3.80. The highest BCUT2D eigenvalue weighted by atomic mass is 32.2. The average molecular weight is 366 g/mol. The molecule has 0 atom stereocenters. The van der Waals surface area contributed by atoms with Crippen LogP contribution < -0.4 is 5.14 Å². The number of hydrogen-bond donors (Lipinski definition) is 1. The Bertz CT molecular complexity index is 1220. The molecule has 5 nitrogen and oxygen atoms in total. The van der Waals surface area contributed by atoms with Crippen LogP contribution in [0.5, 0.6) is 0 Å². The fourth-order valence-electron chi connectivity index (χ4n) is 3.36. The van der Waals surface area contributed by atoms with E-state index in [1.165, 1.54) is 6.07 Å². The second kappa shape index (κ2) is 5.86. The lowest BCUT2D eigenvalue weighted by atomic mass is 10.1. The number of furan rings is 1. The summed E-state index contributed by atoms with van der Waals surface area (Å²) in [5.74, 6) is 1.49. The van der Waals surface area contributed by atoms with E-state index in [1.807, 2.05) is 56.3 Å². The van der Waals surface area contributed by atoms with E-state index in [-0.39, 0.29) is 4.90 Å². The first-order valence-corrected chi connectivity index (χ1v) is 9.71. The summed E-state index contributed by atoms with van der Waals surface area (Å²) in [6, 6.07) is 18.6. The zero-order valence-corrected chi connectivity index (χ0v) is 15.2. The van der Waals surface area contributed by atoms with Gasteiger partial charge in [0, 0.05) is 22.3 Å². The summed E-state index contributed by atoms with van der Waals surface area (Å²) in [6.45, 7) is 3.88. The number of primary sulfonamides is 1. The lowest BCUT2D eigenvalue weighted by molar-refractivity contribution is 0.548. The molecular weight excluding hydrogens is 348 g/mol. The second-order valence-electron chi connectivity index (χ2n) is 6.27. The molecule has 0 fully saturated rings. The van der Waals surface area contributed by atoms with E-state index in [2.05, 4.69) is 4.57 Å². The maximum Gasteiger partial charge on any atom is 0.238 e. The smallest absolute Gasteiger partial charge is 0.238 e. The number of aromatic nitrogens is 1. The predicted molar refractivity (Wildman–Crippen MR) is 102 cm³/mol. The molecule has 4 aromatic rings.